The van der Waals surface area contributed by atoms with E-state index < -0.39 is 0 Å². The van der Waals surface area contributed by atoms with Crippen LogP contribution < -0.4 is 16.4 Å². The summed E-state index contributed by atoms with van der Waals surface area (Å²) in [5.74, 6) is 0. The molecule has 0 radical (unpaired) electrons. The van der Waals surface area contributed by atoms with Crippen molar-refractivity contribution in [3.8, 4) is 0 Å². The first kappa shape index (κ1) is 7.98. The van der Waals surface area contributed by atoms with E-state index in [2.05, 4.69) is 17.1 Å². The second-order valence-corrected chi connectivity index (χ2v) is 3.19. The lowest BCUT2D eigenvalue weighted by atomic mass is 10.2. The standard InChI is InChI=1S/C10H13N3/c11-9-4-3-8(7-10(9)12)13-5-1-2-6-13/h1-4,7H,5-6,11-12H2. The zero-order chi connectivity index (χ0) is 9.26. The Labute approximate surface area is 77.6 Å². The van der Waals surface area contributed by atoms with Gasteiger partial charge in [-0.1, -0.05) is 12.2 Å². The highest BCUT2D eigenvalue weighted by atomic mass is 15.1. The predicted octanol–water partition coefficient (Wildman–Crippen LogP) is 1.23. The minimum atomic E-state index is 0.649. The first-order chi connectivity index (χ1) is 6.27. The summed E-state index contributed by atoms with van der Waals surface area (Å²) in [6.45, 7) is 1.92. The van der Waals surface area contributed by atoms with Gasteiger partial charge in [-0.05, 0) is 18.2 Å². The van der Waals surface area contributed by atoms with Crippen LogP contribution in [0.1, 0.15) is 0 Å². The molecule has 0 unspecified atom stereocenters. The van der Waals surface area contributed by atoms with Crippen LogP contribution in [0.5, 0.6) is 0 Å². The first-order valence-electron chi connectivity index (χ1n) is 4.32. The van der Waals surface area contributed by atoms with Gasteiger partial charge in [0.1, 0.15) is 0 Å². The quantitative estimate of drug-likeness (QED) is 0.498. The van der Waals surface area contributed by atoms with E-state index in [0.717, 1.165) is 18.8 Å². The number of rotatable bonds is 1. The highest BCUT2D eigenvalue weighted by Crippen LogP contribution is 2.23. The van der Waals surface area contributed by atoms with E-state index >= 15 is 0 Å². The summed E-state index contributed by atoms with van der Waals surface area (Å²) in [6, 6.07) is 5.77. The average molecular weight is 175 g/mol. The zero-order valence-corrected chi connectivity index (χ0v) is 7.40. The first-order valence-corrected chi connectivity index (χ1v) is 4.32. The number of hydrogen-bond donors (Lipinski definition) is 2. The van der Waals surface area contributed by atoms with Crippen molar-refractivity contribution in [2.24, 2.45) is 0 Å². The van der Waals surface area contributed by atoms with Gasteiger partial charge in [0, 0.05) is 18.8 Å². The third-order valence-corrected chi connectivity index (χ3v) is 2.25. The van der Waals surface area contributed by atoms with Crippen molar-refractivity contribution in [3.63, 3.8) is 0 Å². The molecule has 2 rings (SSSR count). The van der Waals surface area contributed by atoms with Gasteiger partial charge in [-0.2, -0.15) is 0 Å². The van der Waals surface area contributed by atoms with Gasteiger partial charge < -0.3 is 16.4 Å². The van der Waals surface area contributed by atoms with E-state index in [1.807, 2.05) is 18.2 Å². The van der Waals surface area contributed by atoms with Crippen molar-refractivity contribution >= 4 is 17.1 Å². The molecule has 0 bridgehead atoms. The summed E-state index contributed by atoms with van der Waals surface area (Å²) >= 11 is 0. The van der Waals surface area contributed by atoms with Crippen molar-refractivity contribution in [2.45, 2.75) is 0 Å². The van der Waals surface area contributed by atoms with Gasteiger partial charge in [-0.3, -0.25) is 0 Å². The maximum Gasteiger partial charge on any atom is 0.0568 e. The molecule has 1 aliphatic rings. The van der Waals surface area contributed by atoms with Crippen molar-refractivity contribution in [2.75, 3.05) is 29.5 Å². The van der Waals surface area contributed by atoms with Crippen LogP contribution >= 0.6 is 0 Å². The Bertz CT molecular complexity index is 336. The molecular formula is C10H13N3. The van der Waals surface area contributed by atoms with E-state index in [1.54, 1.807) is 0 Å². The summed E-state index contributed by atoms with van der Waals surface area (Å²) in [7, 11) is 0. The van der Waals surface area contributed by atoms with Crippen LogP contribution in [0, 0.1) is 0 Å². The Morgan fingerprint density at radius 3 is 2.31 bits per heavy atom. The second kappa shape index (κ2) is 3.01. The largest absolute Gasteiger partial charge is 0.397 e. The molecule has 0 atom stereocenters. The summed E-state index contributed by atoms with van der Waals surface area (Å²) in [5, 5.41) is 0. The molecule has 1 heterocycles. The van der Waals surface area contributed by atoms with Gasteiger partial charge >= 0.3 is 0 Å². The molecule has 0 aromatic heterocycles. The topological polar surface area (TPSA) is 55.3 Å². The minimum absolute atomic E-state index is 0.649. The fraction of sp³-hybridized carbons (Fsp3) is 0.200. The maximum atomic E-state index is 5.72. The van der Waals surface area contributed by atoms with Crippen molar-refractivity contribution < 1.29 is 0 Å². The molecule has 13 heavy (non-hydrogen) atoms. The molecule has 0 fully saturated rings. The maximum absolute atomic E-state index is 5.72. The van der Waals surface area contributed by atoms with Crippen LogP contribution in [-0.4, -0.2) is 13.1 Å². The summed E-state index contributed by atoms with van der Waals surface area (Å²) in [4.78, 5) is 2.23. The van der Waals surface area contributed by atoms with Crippen LogP contribution in [0.2, 0.25) is 0 Å². The molecule has 0 saturated carbocycles. The molecule has 3 heteroatoms. The number of benzene rings is 1. The zero-order valence-electron chi connectivity index (χ0n) is 7.40. The average Bonchev–Trinajstić information content (AvgIpc) is 2.62. The molecule has 0 saturated heterocycles. The van der Waals surface area contributed by atoms with Crippen molar-refractivity contribution in [1.82, 2.24) is 0 Å². The summed E-state index contributed by atoms with van der Waals surface area (Å²) < 4.78 is 0. The Hall–Kier alpha value is -1.64. The number of anilines is 3. The van der Waals surface area contributed by atoms with Crippen LogP contribution in [0.15, 0.2) is 30.4 Å². The third-order valence-electron chi connectivity index (χ3n) is 2.25. The SMILES string of the molecule is Nc1ccc(N2CC=CC2)cc1N. The van der Waals surface area contributed by atoms with Crippen LogP contribution in [0.3, 0.4) is 0 Å². The van der Waals surface area contributed by atoms with Crippen molar-refractivity contribution in [1.29, 1.82) is 0 Å². The molecule has 0 spiro atoms. The molecular weight excluding hydrogens is 162 g/mol. The van der Waals surface area contributed by atoms with E-state index in [9.17, 15) is 0 Å². The van der Waals surface area contributed by atoms with Crippen LogP contribution in [0.25, 0.3) is 0 Å². The second-order valence-electron chi connectivity index (χ2n) is 3.19. The fourth-order valence-corrected chi connectivity index (χ4v) is 1.45. The fourth-order valence-electron chi connectivity index (χ4n) is 1.45. The van der Waals surface area contributed by atoms with Crippen LogP contribution in [-0.2, 0) is 0 Å². The normalized spacial score (nSPS) is 15.2. The number of nitrogens with zero attached hydrogens (tertiary/aromatic N) is 1. The smallest absolute Gasteiger partial charge is 0.0568 e. The summed E-state index contributed by atoms with van der Waals surface area (Å²) in [6.07, 6.45) is 4.29. The lowest BCUT2D eigenvalue weighted by molar-refractivity contribution is 1.01. The lowest BCUT2D eigenvalue weighted by Gasteiger charge is -2.18. The Kier molecular flexibility index (Phi) is 1.85. The van der Waals surface area contributed by atoms with Gasteiger partial charge in [0.25, 0.3) is 0 Å². The minimum Gasteiger partial charge on any atom is -0.397 e. The summed E-state index contributed by atoms with van der Waals surface area (Å²) in [5.41, 5.74) is 13.8. The van der Waals surface area contributed by atoms with Gasteiger partial charge in [0.2, 0.25) is 0 Å². The molecule has 68 valence electrons. The highest BCUT2D eigenvalue weighted by molar-refractivity contribution is 5.70. The van der Waals surface area contributed by atoms with Crippen LogP contribution in [0.4, 0.5) is 17.1 Å². The van der Waals surface area contributed by atoms with E-state index in [4.69, 9.17) is 11.5 Å². The molecule has 3 nitrogen and oxygen atoms in total. The van der Waals surface area contributed by atoms with E-state index in [0.29, 0.717) is 11.4 Å². The van der Waals surface area contributed by atoms with Crippen molar-refractivity contribution in [3.05, 3.63) is 30.4 Å². The Morgan fingerprint density at radius 2 is 1.69 bits per heavy atom. The third kappa shape index (κ3) is 1.45. The molecule has 0 aliphatic carbocycles. The number of hydrogen-bond acceptors (Lipinski definition) is 3. The molecule has 4 N–H and O–H groups in total. The van der Waals surface area contributed by atoms with Gasteiger partial charge in [0.05, 0.1) is 11.4 Å². The lowest BCUT2D eigenvalue weighted by Crippen LogP contribution is -2.18. The molecule has 1 aromatic carbocycles. The van der Waals surface area contributed by atoms with Gasteiger partial charge in [0.15, 0.2) is 0 Å². The molecule has 1 aromatic rings. The van der Waals surface area contributed by atoms with E-state index in [-0.39, 0.29) is 0 Å². The predicted molar refractivity (Wildman–Crippen MR) is 56.6 cm³/mol. The Morgan fingerprint density at radius 1 is 1.00 bits per heavy atom. The molecule has 0 amide bonds. The van der Waals surface area contributed by atoms with E-state index in [1.165, 1.54) is 0 Å². The Balaban J connectivity index is 2.26. The molecule has 1 aliphatic heterocycles. The highest BCUT2D eigenvalue weighted by Gasteiger charge is 2.07. The number of nitrogens with two attached hydrogens (primary N) is 2. The number of nitrogen functional groups attached to an aromatic ring is 2. The van der Waals surface area contributed by atoms with Gasteiger partial charge in [-0.15, -0.1) is 0 Å². The van der Waals surface area contributed by atoms with Gasteiger partial charge in [-0.25, -0.2) is 0 Å². The monoisotopic (exact) mass is 175 g/mol.